The Morgan fingerprint density at radius 2 is 1.08 bits per heavy atom. The summed E-state index contributed by atoms with van der Waals surface area (Å²) in [5.41, 5.74) is 3.52. The Labute approximate surface area is 141 Å². The molecule has 0 amide bonds. The molecule has 0 aliphatic rings. The average molecular weight is 312 g/mol. The van der Waals surface area contributed by atoms with Gasteiger partial charge in [-0.1, -0.05) is 84.9 Å². The monoisotopic (exact) mass is 312 g/mol. The van der Waals surface area contributed by atoms with Crippen molar-refractivity contribution in [3.8, 4) is 0 Å². The molecule has 0 bridgehead atoms. The SMILES string of the molecule is Fc1ccc(C(c2ccccc2)c2ccc3ccccc3c2)cc1. The number of fused-ring (bicyclic) bond motifs is 1. The Morgan fingerprint density at radius 1 is 0.500 bits per heavy atom. The van der Waals surface area contributed by atoms with Crippen molar-refractivity contribution in [2.75, 3.05) is 0 Å². The second kappa shape index (κ2) is 6.29. The highest BCUT2D eigenvalue weighted by Crippen LogP contribution is 2.33. The fraction of sp³-hybridized carbons (Fsp3) is 0.0435. The Bertz CT molecular complexity index is 956. The van der Waals surface area contributed by atoms with E-state index in [0.29, 0.717) is 0 Å². The third-order valence-corrected chi connectivity index (χ3v) is 4.44. The molecule has 1 unspecified atom stereocenters. The molecule has 4 aromatic carbocycles. The van der Waals surface area contributed by atoms with Gasteiger partial charge in [-0.2, -0.15) is 0 Å². The van der Waals surface area contributed by atoms with Crippen LogP contribution in [0.25, 0.3) is 10.8 Å². The third kappa shape index (κ3) is 2.81. The van der Waals surface area contributed by atoms with E-state index in [1.807, 2.05) is 30.3 Å². The molecular weight excluding hydrogens is 295 g/mol. The highest BCUT2D eigenvalue weighted by atomic mass is 19.1. The summed E-state index contributed by atoms with van der Waals surface area (Å²) in [6, 6.07) is 32.1. The van der Waals surface area contributed by atoms with E-state index in [0.717, 1.165) is 5.56 Å². The molecule has 0 aliphatic heterocycles. The topological polar surface area (TPSA) is 0 Å². The lowest BCUT2D eigenvalue weighted by Gasteiger charge is -2.19. The summed E-state index contributed by atoms with van der Waals surface area (Å²) < 4.78 is 13.4. The van der Waals surface area contributed by atoms with Gasteiger partial charge in [0.1, 0.15) is 5.82 Å². The molecule has 0 spiro atoms. The van der Waals surface area contributed by atoms with Crippen LogP contribution in [-0.2, 0) is 0 Å². The predicted octanol–water partition coefficient (Wildman–Crippen LogP) is 6.16. The Balaban J connectivity index is 1.89. The van der Waals surface area contributed by atoms with Gasteiger partial charge in [0.2, 0.25) is 0 Å². The van der Waals surface area contributed by atoms with Crippen LogP contribution in [0.2, 0.25) is 0 Å². The Kier molecular flexibility index (Phi) is 3.84. The Hall–Kier alpha value is -2.93. The van der Waals surface area contributed by atoms with Gasteiger partial charge in [-0.25, -0.2) is 4.39 Å². The summed E-state index contributed by atoms with van der Waals surface area (Å²) in [5.74, 6) is -0.111. The van der Waals surface area contributed by atoms with Crippen molar-refractivity contribution in [3.63, 3.8) is 0 Å². The van der Waals surface area contributed by atoms with Gasteiger partial charge in [0.05, 0.1) is 0 Å². The van der Waals surface area contributed by atoms with Crippen LogP contribution in [0.1, 0.15) is 22.6 Å². The molecule has 116 valence electrons. The lowest BCUT2D eigenvalue weighted by atomic mass is 9.84. The van der Waals surface area contributed by atoms with Crippen molar-refractivity contribution in [2.24, 2.45) is 0 Å². The van der Waals surface area contributed by atoms with E-state index in [9.17, 15) is 4.39 Å². The van der Waals surface area contributed by atoms with Crippen LogP contribution in [0.4, 0.5) is 4.39 Å². The molecule has 1 atom stereocenters. The first-order valence-electron chi connectivity index (χ1n) is 8.10. The molecule has 0 fully saturated rings. The minimum Gasteiger partial charge on any atom is -0.207 e. The molecule has 4 aromatic rings. The van der Waals surface area contributed by atoms with Crippen molar-refractivity contribution in [2.45, 2.75) is 5.92 Å². The first kappa shape index (κ1) is 14.6. The first-order valence-corrected chi connectivity index (χ1v) is 8.10. The lowest BCUT2D eigenvalue weighted by molar-refractivity contribution is 0.627. The molecule has 0 N–H and O–H groups in total. The molecule has 0 aromatic heterocycles. The van der Waals surface area contributed by atoms with Crippen molar-refractivity contribution in [1.29, 1.82) is 0 Å². The lowest BCUT2D eigenvalue weighted by Crippen LogP contribution is -2.03. The van der Waals surface area contributed by atoms with E-state index in [-0.39, 0.29) is 11.7 Å². The van der Waals surface area contributed by atoms with E-state index in [4.69, 9.17) is 0 Å². The molecule has 1 heteroatoms. The summed E-state index contributed by atoms with van der Waals surface area (Å²) in [6.07, 6.45) is 0. The fourth-order valence-corrected chi connectivity index (χ4v) is 3.27. The highest BCUT2D eigenvalue weighted by molar-refractivity contribution is 5.83. The first-order chi connectivity index (χ1) is 11.8. The van der Waals surface area contributed by atoms with Gasteiger partial charge in [-0.15, -0.1) is 0 Å². The number of rotatable bonds is 3. The van der Waals surface area contributed by atoms with Gasteiger partial charge in [0.15, 0.2) is 0 Å². The molecule has 0 radical (unpaired) electrons. The van der Waals surface area contributed by atoms with Crippen molar-refractivity contribution in [1.82, 2.24) is 0 Å². The third-order valence-electron chi connectivity index (χ3n) is 4.44. The van der Waals surface area contributed by atoms with Crippen molar-refractivity contribution in [3.05, 3.63) is 120 Å². The van der Waals surface area contributed by atoms with Crippen LogP contribution in [-0.4, -0.2) is 0 Å². The zero-order valence-electron chi connectivity index (χ0n) is 13.2. The molecule has 4 rings (SSSR count). The quantitative estimate of drug-likeness (QED) is 0.397. The molecule has 24 heavy (non-hydrogen) atoms. The van der Waals surface area contributed by atoms with E-state index in [1.54, 1.807) is 0 Å². The largest absolute Gasteiger partial charge is 0.207 e. The molecule has 0 heterocycles. The van der Waals surface area contributed by atoms with Gasteiger partial charge in [-0.3, -0.25) is 0 Å². The molecule has 0 saturated carbocycles. The number of benzene rings is 4. The predicted molar refractivity (Wildman–Crippen MR) is 97.7 cm³/mol. The van der Waals surface area contributed by atoms with E-state index in [1.165, 1.54) is 34.0 Å². The van der Waals surface area contributed by atoms with Crippen LogP contribution in [0.15, 0.2) is 97.1 Å². The zero-order chi connectivity index (χ0) is 16.4. The maximum Gasteiger partial charge on any atom is 0.123 e. The molecular formula is C23H17F. The van der Waals surface area contributed by atoms with E-state index >= 15 is 0 Å². The smallest absolute Gasteiger partial charge is 0.123 e. The molecule has 0 nitrogen and oxygen atoms in total. The summed E-state index contributed by atoms with van der Waals surface area (Å²) in [5, 5.41) is 2.45. The van der Waals surface area contributed by atoms with Gasteiger partial charge >= 0.3 is 0 Å². The summed E-state index contributed by atoms with van der Waals surface area (Å²) in [6.45, 7) is 0. The van der Waals surface area contributed by atoms with Gasteiger partial charge in [0.25, 0.3) is 0 Å². The summed E-state index contributed by atoms with van der Waals surface area (Å²) in [4.78, 5) is 0. The highest BCUT2D eigenvalue weighted by Gasteiger charge is 2.17. The van der Waals surface area contributed by atoms with Crippen LogP contribution in [0, 0.1) is 5.82 Å². The maximum atomic E-state index is 13.4. The summed E-state index contributed by atoms with van der Waals surface area (Å²) in [7, 11) is 0. The second-order valence-corrected chi connectivity index (χ2v) is 6.00. The number of hydrogen-bond acceptors (Lipinski definition) is 0. The standard InChI is InChI=1S/C23H17F/c24-22-14-12-19(13-15-22)23(18-7-2-1-3-8-18)21-11-10-17-6-4-5-9-20(17)16-21/h1-16,23H. The zero-order valence-corrected chi connectivity index (χ0v) is 13.2. The molecule has 0 aliphatic carbocycles. The summed E-state index contributed by atoms with van der Waals surface area (Å²) >= 11 is 0. The van der Waals surface area contributed by atoms with Crippen LogP contribution in [0.5, 0.6) is 0 Å². The minimum absolute atomic E-state index is 0.0939. The minimum atomic E-state index is -0.205. The van der Waals surface area contributed by atoms with Gasteiger partial charge in [-0.05, 0) is 39.6 Å². The Morgan fingerprint density at radius 3 is 1.83 bits per heavy atom. The normalized spacial score (nSPS) is 12.2. The number of halogens is 1. The van der Waals surface area contributed by atoms with Crippen LogP contribution < -0.4 is 0 Å². The average Bonchev–Trinajstić information content (AvgIpc) is 2.64. The van der Waals surface area contributed by atoms with E-state index < -0.39 is 0 Å². The number of hydrogen-bond donors (Lipinski definition) is 0. The maximum absolute atomic E-state index is 13.4. The van der Waals surface area contributed by atoms with Crippen molar-refractivity contribution >= 4 is 10.8 Å². The van der Waals surface area contributed by atoms with Gasteiger partial charge < -0.3 is 0 Å². The second-order valence-electron chi connectivity index (χ2n) is 6.00. The van der Waals surface area contributed by atoms with Crippen LogP contribution in [0.3, 0.4) is 0 Å². The van der Waals surface area contributed by atoms with Gasteiger partial charge in [0, 0.05) is 5.92 Å². The van der Waals surface area contributed by atoms with Crippen LogP contribution >= 0.6 is 0 Å². The van der Waals surface area contributed by atoms with Crippen molar-refractivity contribution < 1.29 is 4.39 Å². The fourth-order valence-electron chi connectivity index (χ4n) is 3.27. The van der Waals surface area contributed by atoms with E-state index in [2.05, 4.69) is 54.6 Å². The molecule has 0 saturated heterocycles.